The van der Waals surface area contributed by atoms with Crippen molar-refractivity contribution in [1.82, 2.24) is 5.32 Å². The zero-order chi connectivity index (χ0) is 14.3. The maximum atomic E-state index is 5.70. The van der Waals surface area contributed by atoms with E-state index in [0.717, 1.165) is 43.4 Å². The van der Waals surface area contributed by atoms with Crippen molar-refractivity contribution < 1.29 is 4.74 Å². The highest BCUT2D eigenvalue weighted by molar-refractivity contribution is 4.85. The van der Waals surface area contributed by atoms with Gasteiger partial charge in [0.25, 0.3) is 0 Å². The summed E-state index contributed by atoms with van der Waals surface area (Å²) in [4.78, 5) is 0. The minimum atomic E-state index is 0.706. The summed E-state index contributed by atoms with van der Waals surface area (Å²) in [5.74, 6) is 3.28. The fraction of sp³-hybridized carbons (Fsp3) is 1.00. The highest BCUT2D eigenvalue weighted by atomic mass is 16.5. The van der Waals surface area contributed by atoms with E-state index < -0.39 is 0 Å². The van der Waals surface area contributed by atoms with Crippen LogP contribution in [0.15, 0.2) is 0 Å². The van der Waals surface area contributed by atoms with Crippen LogP contribution in [0, 0.1) is 23.7 Å². The first-order chi connectivity index (χ1) is 9.00. The van der Waals surface area contributed by atoms with Crippen LogP contribution in [-0.2, 0) is 4.74 Å². The molecule has 0 aromatic rings. The molecular formula is C17H35NO. The van der Waals surface area contributed by atoms with Gasteiger partial charge in [-0.25, -0.2) is 0 Å². The number of nitrogens with one attached hydrogen (secondary N) is 1. The van der Waals surface area contributed by atoms with Crippen molar-refractivity contribution in [2.75, 3.05) is 19.8 Å². The van der Waals surface area contributed by atoms with Crippen LogP contribution in [0.3, 0.4) is 0 Å². The molecule has 1 N–H and O–H groups in total. The van der Waals surface area contributed by atoms with Gasteiger partial charge in [-0.3, -0.25) is 0 Å². The van der Waals surface area contributed by atoms with E-state index in [1.165, 1.54) is 25.7 Å². The Bertz CT molecular complexity index is 227. The van der Waals surface area contributed by atoms with Crippen LogP contribution >= 0.6 is 0 Å². The average Bonchev–Trinajstić information content (AvgIpc) is 2.33. The Balaban J connectivity index is 2.17. The summed E-state index contributed by atoms with van der Waals surface area (Å²) < 4.78 is 5.70. The van der Waals surface area contributed by atoms with Gasteiger partial charge in [-0.1, -0.05) is 41.0 Å². The summed E-state index contributed by atoms with van der Waals surface area (Å²) in [7, 11) is 0. The quantitative estimate of drug-likeness (QED) is 0.670. The third-order valence-corrected chi connectivity index (χ3v) is 4.51. The maximum Gasteiger partial charge on any atom is 0.0591 e. The Morgan fingerprint density at radius 1 is 1.11 bits per heavy atom. The Labute approximate surface area is 120 Å². The molecule has 1 aliphatic rings. The summed E-state index contributed by atoms with van der Waals surface area (Å²) in [5.41, 5.74) is 0. The number of hydrogen-bond donors (Lipinski definition) is 1. The first-order valence-corrected chi connectivity index (χ1v) is 8.31. The molecule has 0 saturated heterocycles. The van der Waals surface area contributed by atoms with Crippen molar-refractivity contribution in [3.63, 3.8) is 0 Å². The van der Waals surface area contributed by atoms with Gasteiger partial charge in [0.2, 0.25) is 0 Å². The second-order valence-corrected chi connectivity index (χ2v) is 7.18. The molecule has 0 heterocycles. The Hall–Kier alpha value is -0.0800. The molecule has 0 amide bonds. The lowest BCUT2D eigenvalue weighted by Crippen LogP contribution is -2.44. The summed E-state index contributed by atoms with van der Waals surface area (Å²) in [6.45, 7) is 14.4. The van der Waals surface area contributed by atoms with Gasteiger partial charge in [-0.05, 0) is 42.9 Å². The van der Waals surface area contributed by atoms with Crippen molar-refractivity contribution in [3.8, 4) is 0 Å². The lowest BCUT2D eigenvalue weighted by molar-refractivity contribution is 0.110. The molecule has 0 bridgehead atoms. The topological polar surface area (TPSA) is 21.3 Å². The standard InChI is InChI=1S/C17H35NO/c1-13(2)8-10-19-11-9-18-17-12-15(5)6-7-16(17)14(3)4/h13-18H,6-12H2,1-5H3. The average molecular weight is 269 g/mol. The normalized spacial score (nSPS) is 28.3. The van der Waals surface area contributed by atoms with E-state index in [4.69, 9.17) is 4.74 Å². The van der Waals surface area contributed by atoms with Crippen molar-refractivity contribution in [2.45, 2.75) is 66.3 Å². The van der Waals surface area contributed by atoms with Crippen LogP contribution in [-0.4, -0.2) is 25.8 Å². The Morgan fingerprint density at radius 3 is 2.47 bits per heavy atom. The van der Waals surface area contributed by atoms with Gasteiger partial charge in [0, 0.05) is 19.2 Å². The van der Waals surface area contributed by atoms with Crippen LogP contribution in [0.4, 0.5) is 0 Å². The first kappa shape index (κ1) is 17.0. The minimum absolute atomic E-state index is 0.706. The lowest BCUT2D eigenvalue weighted by atomic mass is 9.74. The molecule has 3 unspecified atom stereocenters. The fourth-order valence-electron chi connectivity index (χ4n) is 3.17. The van der Waals surface area contributed by atoms with Crippen molar-refractivity contribution in [2.24, 2.45) is 23.7 Å². The van der Waals surface area contributed by atoms with Gasteiger partial charge in [0.15, 0.2) is 0 Å². The molecular weight excluding hydrogens is 234 g/mol. The van der Waals surface area contributed by atoms with Gasteiger partial charge >= 0.3 is 0 Å². The van der Waals surface area contributed by atoms with Gasteiger partial charge < -0.3 is 10.1 Å². The highest BCUT2D eigenvalue weighted by Gasteiger charge is 2.29. The number of ether oxygens (including phenoxy) is 1. The van der Waals surface area contributed by atoms with Gasteiger partial charge in [0.1, 0.15) is 0 Å². The van der Waals surface area contributed by atoms with Crippen molar-refractivity contribution in [1.29, 1.82) is 0 Å². The molecule has 19 heavy (non-hydrogen) atoms. The minimum Gasteiger partial charge on any atom is -0.380 e. The number of hydrogen-bond acceptors (Lipinski definition) is 2. The van der Waals surface area contributed by atoms with Crippen LogP contribution in [0.1, 0.15) is 60.3 Å². The van der Waals surface area contributed by atoms with Crippen LogP contribution in [0.2, 0.25) is 0 Å². The fourth-order valence-corrected chi connectivity index (χ4v) is 3.17. The van der Waals surface area contributed by atoms with E-state index in [0.29, 0.717) is 6.04 Å². The van der Waals surface area contributed by atoms with Crippen LogP contribution < -0.4 is 5.32 Å². The molecule has 3 atom stereocenters. The largest absolute Gasteiger partial charge is 0.380 e. The first-order valence-electron chi connectivity index (χ1n) is 8.31. The zero-order valence-electron chi connectivity index (χ0n) is 13.7. The molecule has 2 nitrogen and oxygen atoms in total. The van der Waals surface area contributed by atoms with Crippen LogP contribution in [0.25, 0.3) is 0 Å². The third-order valence-electron chi connectivity index (χ3n) is 4.51. The molecule has 0 aromatic heterocycles. The maximum absolute atomic E-state index is 5.70. The molecule has 0 radical (unpaired) electrons. The Kier molecular flexibility index (Phi) is 8.01. The van der Waals surface area contributed by atoms with Crippen LogP contribution in [0.5, 0.6) is 0 Å². The zero-order valence-corrected chi connectivity index (χ0v) is 13.7. The van der Waals surface area contributed by atoms with Gasteiger partial charge in [-0.15, -0.1) is 0 Å². The van der Waals surface area contributed by atoms with Gasteiger partial charge in [-0.2, -0.15) is 0 Å². The molecule has 0 spiro atoms. The number of rotatable bonds is 8. The predicted octanol–water partition coefficient (Wildman–Crippen LogP) is 4.10. The Morgan fingerprint density at radius 2 is 1.84 bits per heavy atom. The molecule has 1 saturated carbocycles. The summed E-state index contributed by atoms with van der Waals surface area (Å²) in [6.07, 6.45) is 5.32. The molecule has 0 aromatic carbocycles. The predicted molar refractivity (Wildman–Crippen MR) is 83.4 cm³/mol. The molecule has 114 valence electrons. The summed E-state index contributed by atoms with van der Waals surface area (Å²) in [5, 5.41) is 3.75. The van der Waals surface area contributed by atoms with E-state index in [9.17, 15) is 0 Å². The van der Waals surface area contributed by atoms with E-state index in [1.807, 2.05) is 0 Å². The highest BCUT2D eigenvalue weighted by Crippen LogP contribution is 2.33. The molecule has 0 aliphatic heterocycles. The van der Waals surface area contributed by atoms with E-state index in [-0.39, 0.29) is 0 Å². The van der Waals surface area contributed by atoms with Gasteiger partial charge in [0.05, 0.1) is 6.61 Å². The van der Waals surface area contributed by atoms with Crippen molar-refractivity contribution >= 4 is 0 Å². The summed E-state index contributed by atoms with van der Waals surface area (Å²) in [6, 6.07) is 0.706. The molecule has 1 rings (SSSR count). The summed E-state index contributed by atoms with van der Waals surface area (Å²) >= 11 is 0. The monoisotopic (exact) mass is 269 g/mol. The van der Waals surface area contributed by atoms with E-state index in [1.54, 1.807) is 0 Å². The molecule has 1 fully saturated rings. The second kappa shape index (κ2) is 8.97. The SMILES string of the molecule is CC(C)CCOCCNC1CC(C)CCC1C(C)C. The lowest BCUT2D eigenvalue weighted by Gasteiger charge is -2.38. The van der Waals surface area contributed by atoms with E-state index in [2.05, 4.69) is 39.9 Å². The smallest absolute Gasteiger partial charge is 0.0591 e. The molecule has 2 heteroatoms. The third kappa shape index (κ3) is 6.76. The van der Waals surface area contributed by atoms with E-state index >= 15 is 0 Å². The van der Waals surface area contributed by atoms with Crippen molar-refractivity contribution in [3.05, 3.63) is 0 Å². The second-order valence-electron chi connectivity index (χ2n) is 7.18. The molecule has 1 aliphatic carbocycles.